The van der Waals surface area contributed by atoms with Crippen LogP contribution in [0.3, 0.4) is 0 Å². The van der Waals surface area contributed by atoms with Gasteiger partial charge in [-0.2, -0.15) is 5.06 Å². The number of hydrogen-bond acceptors (Lipinski definition) is 6. The summed E-state index contributed by atoms with van der Waals surface area (Å²) in [5.74, 6) is -0.628. The Morgan fingerprint density at radius 1 is 0.927 bits per heavy atom. The van der Waals surface area contributed by atoms with Gasteiger partial charge in [0.15, 0.2) is 5.75 Å². The molecule has 0 saturated heterocycles. The van der Waals surface area contributed by atoms with Crippen LogP contribution in [0.15, 0.2) is 91.0 Å². The Balaban J connectivity index is 0.00000387. The largest absolute Gasteiger partial charge is 1.00 e. The number of carbonyl (C=O) groups is 2. The summed E-state index contributed by atoms with van der Waals surface area (Å²) in [5.41, 5.74) is 1.91. The van der Waals surface area contributed by atoms with Crippen molar-refractivity contribution in [2.75, 3.05) is 13.2 Å². The van der Waals surface area contributed by atoms with Crippen LogP contribution in [-0.4, -0.2) is 30.1 Å². The molecule has 0 aromatic heterocycles. The number of rotatable bonds is 9. The van der Waals surface area contributed by atoms with Crippen molar-refractivity contribution in [1.82, 2.24) is 5.06 Å². The summed E-state index contributed by atoms with van der Waals surface area (Å²) in [7, 11) is 0. The van der Waals surface area contributed by atoms with Gasteiger partial charge in [0.05, 0.1) is 18.2 Å². The van der Waals surface area contributed by atoms with E-state index in [-0.39, 0.29) is 47.1 Å². The molecule has 0 N–H and O–H groups in total. The maximum atomic E-state index is 13.5. The summed E-state index contributed by atoms with van der Waals surface area (Å²) in [6.07, 6.45) is 0.926. The average Bonchev–Trinajstić information content (AvgIpc) is 2.97. The van der Waals surface area contributed by atoms with Crippen LogP contribution < -0.4 is 49.0 Å². The Morgan fingerprint density at radius 2 is 1.66 bits per heavy atom. The monoisotopic (exact) mass is 599 g/mol. The summed E-state index contributed by atoms with van der Waals surface area (Å²) in [6, 6.07) is 26.1. The van der Waals surface area contributed by atoms with Crippen molar-refractivity contribution in [3.63, 3.8) is 0 Å². The van der Waals surface area contributed by atoms with Gasteiger partial charge in [-0.25, -0.2) is 0 Å². The van der Waals surface area contributed by atoms with Crippen molar-refractivity contribution in [2.24, 2.45) is 0 Å². The van der Waals surface area contributed by atoms with E-state index in [4.69, 9.17) is 37.5 Å². The van der Waals surface area contributed by atoms with E-state index in [9.17, 15) is 14.7 Å². The van der Waals surface area contributed by atoms with E-state index in [0.717, 1.165) is 5.56 Å². The van der Waals surface area contributed by atoms with E-state index < -0.39 is 11.9 Å². The molecule has 1 unspecified atom stereocenters. The smallest absolute Gasteiger partial charge is 0.549 e. The normalized spacial score (nSPS) is 13.7. The third-order valence-corrected chi connectivity index (χ3v) is 6.97. The maximum absolute atomic E-state index is 13.5. The minimum Gasteiger partial charge on any atom is -0.549 e. The van der Waals surface area contributed by atoms with Gasteiger partial charge in [0.2, 0.25) is 0 Å². The first kappa shape index (κ1) is 30.8. The zero-order valence-electron chi connectivity index (χ0n) is 22.2. The molecular weight excluding hydrogens is 576 g/mol. The Kier molecular flexibility index (Phi) is 10.6. The van der Waals surface area contributed by atoms with Crippen LogP contribution in [0.25, 0.3) is 0 Å². The van der Waals surface area contributed by atoms with Gasteiger partial charge in [-0.15, -0.1) is 0 Å². The van der Waals surface area contributed by atoms with Crippen molar-refractivity contribution in [2.45, 2.75) is 18.8 Å². The number of fused-ring (bicyclic) bond motifs is 1. The fraction of sp³-hybridized carbons (Fsp3) is 0.161. The van der Waals surface area contributed by atoms with Crippen LogP contribution in [0, 0.1) is 0 Å². The first-order valence-electron chi connectivity index (χ1n) is 12.6. The Hall–Kier alpha value is -3.20. The predicted molar refractivity (Wildman–Crippen MR) is 149 cm³/mol. The number of carboxylic acids is 1. The minimum absolute atomic E-state index is 0. The number of hydroxylamine groups is 2. The van der Waals surface area contributed by atoms with Gasteiger partial charge in [0, 0.05) is 34.1 Å². The van der Waals surface area contributed by atoms with Crippen LogP contribution in [0.4, 0.5) is 0 Å². The molecule has 0 aliphatic carbocycles. The summed E-state index contributed by atoms with van der Waals surface area (Å²) in [5, 5.41) is 13.5. The molecule has 1 aliphatic rings. The van der Waals surface area contributed by atoms with Crippen LogP contribution in [-0.2, 0) is 11.2 Å². The molecular formula is C31H24Cl2NNaO6. The quantitative estimate of drug-likeness (QED) is 0.217. The maximum Gasteiger partial charge on any atom is 1.00 e. The first-order valence-corrected chi connectivity index (χ1v) is 13.4. The number of nitrogens with zero attached hydrogens (tertiary/aromatic N) is 1. The molecule has 7 nitrogen and oxygen atoms in total. The van der Waals surface area contributed by atoms with E-state index in [1.54, 1.807) is 54.6 Å². The van der Waals surface area contributed by atoms with Crippen molar-refractivity contribution in [1.29, 1.82) is 0 Å². The van der Waals surface area contributed by atoms with Gasteiger partial charge in [-0.05, 0) is 66.9 Å². The average molecular weight is 600 g/mol. The molecule has 5 rings (SSSR count). The molecule has 0 radical (unpaired) electrons. The van der Waals surface area contributed by atoms with E-state index >= 15 is 0 Å². The molecule has 1 heterocycles. The Morgan fingerprint density at radius 3 is 2.37 bits per heavy atom. The number of amides is 1. The predicted octanol–water partition coefficient (Wildman–Crippen LogP) is 3.08. The second-order valence-electron chi connectivity index (χ2n) is 9.14. The summed E-state index contributed by atoms with van der Waals surface area (Å²) in [4.78, 5) is 30.9. The number of halogens is 2. The molecule has 41 heavy (non-hydrogen) atoms. The van der Waals surface area contributed by atoms with E-state index in [1.807, 2.05) is 30.3 Å². The van der Waals surface area contributed by atoms with Gasteiger partial charge in [0.1, 0.15) is 17.2 Å². The number of carboxylic acid groups (broad SMARTS) is 1. The molecule has 0 bridgehead atoms. The van der Waals surface area contributed by atoms with Crippen molar-refractivity contribution in [3.05, 3.63) is 118 Å². The first-order chi connectivity index (χ1) is 19.4. The molecule has 1 aliphatic heterocycles. The number of hydrogen-bond donors (Lipinski definition) is 0. The fourth-order valence-corrected chi connectivity index (χ4v) is 4.70. The topological polar surface area (TPSA) is 88.1 Å². The van der Waals surface area contributed by atoms with E-state index in [2.05, 4.69) is 0 Å². The Labute approximate surface area is 269 Å². The van der Waals surface area contributed by atoms with Gasteiger partial charge in [0.25, 0.3) is 5.91 Å². The van der Waals surface area contributed by atoms with Crippen molar-refractivity contribution < 1.29 is 58.6 Å². The van der Waals surface area contributed by atoms with Gasteiger partial charge in [-0.3, -0.25) is 4.79 Å². The summed E-state index contributed by atoms with van der Waals surface area (Å²) in [6.45, 7) is 0.564. The minimum atomic E-state index is -1.14. The molecule has 1 atom stereocenters. The van der Waals surface area contributed by atoms with Crippen LogP contribution in [0.1, 0.15) is 33.8 Å². The van der Waals surface area contributed by atoms with Crippen LogP contribution in [0.2, 0.25) is 10.0 Å². The third-order valence-electron chi connectivity index (χ3n) is 6.42. The molecule has 1 amide bonds. The third kappa shape index (κ3) is 7.76. The molecule has 4 aromatic rings. The number of aliphatic carboxylic acids is 1. The van der Waals surface area contributed by atoms with Gasteiger partial charge >= 0.3 is 29.6 Å². The molecule has 0 spiro atoms. The van der Waals surface area contributed by atoms with Crippen molar-refractivity contribution in [3.8, 4) is 23.0 Å². The SMILES string of the molecule is O=C([O-])C1CCOc2cc(Oc3ccc(C(=O)N(CCc4ccccc4)Oc4ccc(Cl)cc4)cc3Cl)ccc21.[Na+]. The zero-order chi connectivity index (χ0) is 28.1. The van der Waals surface area contributed by atoms with Crippen molar-refractivity contribution >= 4 is 35.1 Å². The summed E-state index contributed by atoms with van der Waals surface area (Å²) >= 11 is 12.5. The van der Waals surface area contributed by atoms with Gasteiger partial charge < -0.3 is 24.2 Å². The molecule has 0 fully saturated rings. The Bertz CT molecular complexity index is 1520. The van der Waals surface area contributed by atoms with E-state index in [1.165, 1.54) is 11.1 Å². The molecule has 10 heteroatoms. The number of carbonyl (C=O) groups excluding carboxylic acids is 2. The second kappa shape index (κ2) is 14.1. The molecule has 0 saturated carbocycles. The molecule has 204 valence electrons. The molecule has 4 aromatic carbocycles. The zero-order valence-corrected chi connectivity index (χ0v) is 25.7. The standard InChI is InChI=1S/C31H25Cl2NO6.Na/c32-22-7-9-23(10-8-22)40-34(16-14-20-4-2-1-3-5-20)30(35)21-6-13-28(27(33)18-21)39-24-11-12-25-26(31(36)37)15-17-38-29(25)19-24;/h1-13,18-19,26H,14-17H2,(H,36,37);/q;+1/p-1. The van der Waals surface area contributed by atoms with Gasteiger partial charge in [-0.1, -0.05) is 59.6 Å². The van der Waals surface area contributed by atoms with Crippen LogP contribution in [0.5, 0.6) is 23.0 Å². The number of ether oxygens (including phenoxy) is 2. The number of benzene rings is 4. The summed E-state index contributed by atoms with van der Waals surface area (Å²) < 4.78 is 11.6. The second-order valence-corrected chi connectivity index (χ2v) is 9.99. The van der Waals surface area contributed by atoms with E-state index in [0.29, 0.717) is 58.5 Å². The fourth-order valence-electron chi connectivity index (χ4n) is 4.35. The van der Waals surface area contributed by atoms with Crippen LogP contribution >= 0.6 is 23.2 Å².